The SMILES string of the molecule is C=CS(=O)(=O)O.O=C(O)C=Cc1ccccc1. The highest BCUT2D eigenvalue weighted by molar-refractivity contribution is 7.88. The van der Waals surface area contributed by atoms with Crippen molar-refractivity contribution in [1.29, 1.82) is 0 Å². The van der Waals surface area contributed by atoms with Crippen LogP contribution in [-0.2, 0) is 14.9 Å². The quantitative estimate of drug-likeness (QED) is 0.635. The molecule has 17 heavy (non-hydrogen) atoms. The number of carboxylic acid groups (broad SMARTS) is 1. The fourth-order valence-corrected chi connectivity index (χ4v) is 0.732. The van der Waals surface area contributed by atoms with Gasteiger partial charge in [0.15, 0.2) is 0 Å². The van der Waals surface area contributed by atoms with E-state index in [2.05, 4.69) is 6.58 Å². The number of hydrogen-bond acceptors (Lipinski definition) is 3. The standard InChI is InChI=1S/C9H8O2.C2H4O3S/c10-9(11)7-6-8-4-2-1-3-5-8;1-2-6(3,4)5/h1-7H,(H,10,11);2H,1H2,(H,3,4,5). The van der Waals surface area contributed by atoms with E-state index < -0.39 is 16.1 Å². The van der Waals surface area contributed by atoms with Crippen molar-refractivity contribution in [2.75, 3.05) is 0 Å². The molecule has 0 aromatic heterocycles. The lowest BCUT2D eigenvalue weighted by Gasteiger charge is -1.87. The van der Waals surface area contributed by atoms with Crippen molar-refractivity contribution < 1.29 is 22.9 Å². The summed E-state index contributed by atoms with van der Waals surface area (Å²) in [5.74, 6) is -0.922. The van der Waals surface area contributed by atoms with E-state index in [1.165, 1.54) is 0 Å². The van der Waals surface area contributed by atoms with Gasteiger partial charge in [0.1, 0.15) is 0 Å². The number of aliphatic carboxylic acids is 1. The number of hydrogen-bond donors (Lipinski definition) is 2. The zero-order valence-electron chi connectivity index (χ0n) is 8.85. The second-order valence-electron chi connectivity index (χ2n) is 2.76. The molecular weight excluding hydrogens is 244 g/mol. The molecule has 92 valence electrons. The Labute approximate surface area is 99.5 Å². The highest BCUT2D eigenvalue weighted by Crippen LogP contribution is 1.99. The topological polar surface area (TPSA) is 91.7 Å². The fraction of sp³-hybridized carbons (Fsp3) is 0. The molecule has 0 heterocycles. The van der Waals surface area contributed by atoms with Crippen molar-refractivity contribution in [2.24, 2.45) is 0 Å². The summed E-state index contributed by atoms with van der Waals surface area (Å²) in [5.41, 5.74) is 0.898. The van der Waals surface area contributed by atoms with Gasteiger partial charge in [-0.05, 0) is 11.6 Å². The Kier molecular flexibility index (Phi) is 6.54. The molecule has 0 spiro atoms. The molecule has 6 heteroatoms. The Hall–Kier alpha value is -1.92. The summed E-state index contributed by atoms with van der Waals surface area (Å²) in [4.78, 5) is 10.1. The smallest absolute Gasteiger partial charge is 0.328 e. The highest BCUT2D eigenvalue weighted by Gasteiger charge is 1.88. The molecule has 1 aromatic rings. The Balaban J connectivity index is 0.000000366. The zero-order valence-corrected chi connectivity index (χ0v) is 9.67. The minimum atomic E-state index is -3.90. The molecular formula is C11H12O5S. The van der Waals surface area contributed by atoms with Crippen LogP contribution in [0.5, 0.6) is 0 Å². The van der Waals surface area contributed by atoms with E-state index in [0.717, 1.165) is 11.6 Å². The van der Waals surface area contributed by atoms with Gasteiger partial charge in [-0.15, -0.1) is 0 Å². The maximum absolute atomic E-state index is 10.1. The first-order valence-corrected chi connectivity index (χ1v) is 5.91. The second-order valence-corrected chi connectivity index (χ2v) is 4.13. The summed E-state index contributed by atoms with van der Waals surface area (Å²) in [7, 11) is -3.90. The molecule has 0 radical (unpaired) electrons. The van der Waals surface area contributed by atoms with Gasteiger partial charge in [0.25, 0.3) is 10.1 Å². The van der Waals surface area contributed by atoms with Crippen LogP contribution in [0.25, 0.3) is 6.08 Å². The van der Waals surface area contributed by atoms with Crippen LogP contribution < -0.4 is 0 Å². The van der Waals surface area contributed by atoms with Crippen LogP contribution in [0.2, 0.25) is 0 Å². The average Bonchev–Trinajstić information content (AvgIpc) is 2.28. The minimum Gasteiger partial charge on any atom is -0.478 e. The van der Waals surface area contributed by atoms with Crippen LogP contribution in [0, 0.1) is 0 Å². The number of rotatable bonds is 3. The lowest BCUT2D eigenvalue weighted by molar-refractivity contribution is -0.131. The van der Waals surface area contributed by atoms with Crippen molar-refractivity contribution in [3.63, 3.8) is 0 Å². The first kappa shape index (κ1) is 15.1. The molecule has 0 atom stereocenters. The predicted octanol–water partition coefficient (Wildman–Crippen LogP) is 1.80. The van der Waals surface area contributed by atoms with E-state index in [-0.39, 0.29) is 0 Å². The van der Waals surface area contributed by atoms with Gasteiger partial charge in [-0.25, -0.2) is 4.79 Å². The molecule has 0 aliphatic carbocycles. The number of carbonyl (C=O) groups is 1. The van der Waals surface area contributed by atoms with Crippen LogP contribution in [0.4, 0.5) is 0 Å². The number of benzene rings is 1. The summed E-state index contributed by atoms with van der Waals surface area (Å²) in [6, 6.07) is 9.31. The summed E-state index contributed by atoms with van der Waals surface area (Å²) in [5, 5.41) is 8.75. The molecule has 1 aromatic carbocycles. The third-order valence-corrected chi connectivity index (χ3v) is 1.85. The molecule has 0 unspecified atom stereocenters. The van der Waals surface area contributed by atoms with E-state index in [9.17, 15) is 13.2 Å². The van der Waals surface area contributed by atoms with Crippen molar-refractivity contribution in [1.82, 2.24) is 0 Å². The van der Waals surface area contributed by atoms with Crippen molar-refractivity contribution in [2.45, 2.75) is 0 Å². The molecule has 0 aliphatic heterocycles. The molecule has 0 bridgehead atoms. The van der Waals surface area contributed by atoms with Crippen LogP contribution in [0.3, 0.4) is 0 Å². The van der Waals surface area contributed by atoms with Crippen LogP contribution in [-0.4, -0.2) is 24.0 Å². The van der Waals surface area contributed by atoms with Gasteiger partial charge >= 0.3 is 5.97 Å². The Bertz CT molecular complexity index is 476. The third-order valence-electron chi connectivity index (χ3n) is 1.43. The molecule has 0 aliphatic rings. The van der Waals surface area contributed by atoms with Crippen molar-refractivity contribution in [3.05, 3.63) is 54.0 Å². The molecule has 0 saturated carbocycles. The van der Waals surface area contributed by atoms with Gasteiger partial charge in [-0.3, -0.25) is 4.55 Å². The summed E-state index contributed by atoms with van der Waals surface area (Å²) in [6.07, 6.45) is 2.68. The highest BCUT2D eigenvalue weighted by atomic mass is 32.2. The molecule has 0 amide bonds. The summed E-state index contributed by atoms with van der Waals surface area (Å²) < 4.78 is 26.6. The van der Waals surface area contributed by atoms with Gasteiger partial charge in [-0.2, -0.15) is 8.42 Å². The van der Waals surface area contributed by atoms with Gasteiger partial charge < -0.3 is 5.11 Å². The lowest BCUT2D eigenvalue weighted by Crippen LogP contribution is -1.86. The first-order chi connectivity index (χ1) is 7.85. The first-order valence-electron chi connectivity index (χ1n) is 4.41. The zero-order chi connectivity index (χ0) is 13.3. The Morgan fingerprint density at radius 3 is 2.06 bits per heavy atom. The largest absolute Gasteiger partial charge is 0.478 e. The number of carboxylic acids is 1. The second kappa shape index (κ2) is 7.37. The van der Waals surface area contributed by atoms with Gasteiger partial charge in [0, 0.05) is 6.08 Å². The van der Waals surface area contributed by atoms with Crippen LogP contribution in [0.1, 0.15) is 5.56 Å². The summed E-state index contributed by atoms with van der Waals surface area (Å²) >= 11 is 0. The summed E-state index contributed by atoms with van der Waals surface area (Å²) in [6.45, 7) is 2.79. The predicted molar refractivity (Wildman–Crippen MR) is 64.9 cm³/mol. The maximum atomic E-state index is 10.1. The third kappa shape index (κ3) is 10.4. The van der Waals surface area contributed by atoms with Crippen LogP contribution in [0.15, 0.2) is 48.4 Å². The molecule has 2 N–H and O–H groups in total. The fourth-order valence-electron chi connectivity index (χ4n) is 0.732. The molecule has 5 nitrogen and oxygen atoms in total. The van der Waals surface area contributed by atoms with Gasteiger partial charge in [0.05, 0.1) is 5.41 Å². The lowest BCUT2D eigenvalue weighted by atomic mass is 10.2. The van der Waals surface area contributed by atoms with E-state index in [1.807, 2.05) is 30.3 Å². The minimum absolute atomic E-state index is 0.465. The van der Waals surface area contributed by atoms with E-state index >= 15 is 0 Å². The average molecular weight is 256 g/mol. The van der Waals surface area contributed by atoms with Gasteiger partial charge in [0.2, 0.25) is 0 Å². The van der Waals surface area contributed by atoms with Crippen molar-refractivity contribution in [3.8, 4) is 0 Å². The maximum Gasteiger partial charge on any atom is 0.328 e. The van der Waals surface area contributed by atoms with E-state index in [1.54, 1.807) is 6.08 Å². The van der Waals surface area contributed by atoms with E-state index in [0.29, 0.717) is 5.41 Å². The molecule has 0 fully saturated rings. The monoisotopic (exact) mass is 256 g/mol. The normalized spacial score (nSPS) is 10.4. The Morgan fingerprint density at radius 1 is 1.24 bits per heavy atom. The molecule has 0 saturated heterocycles. The van der Waals surface area contributed by atoms with Crippen LogP contribution >= 0.6 is 0 Å². The van der Waals surface area contributed by atoms with Gasteiger partial charge in [-0.1, -0.05) is 36.9 Å². The van der Waals surface area contributed by atoms with Crippen molar-refractivity contribution >= 4 is 22.2 Å². The molecule has 1 rings (SSSR count). The Morgan fingerprint density at radius 2 is 1.71 bits per heavy atom. The van der Waals surface area contributed by atoms with E-state index in [4.69, 9.17) is 9.66 Å².